The molecule has 2 aromatic carbocycles. The van der Waals surface area contributed by atoms with Gasteiger partial charge in [-0.25, -0.2) is 4.79 Å². The van der Waals surface area contributed by atoms with Crippen LogP contribution in [0.15, 0.2) is 48.5 Å². The quantitative estimate of drug-likeness (QED) is 0.858. The Morgan fingerprint density at radius 2 is 1.65 bits per heavy atom. The lowest BCUT2D eigenvalue weighted by Crippen LogP contribution is -2.05. The first-order valence-corrected chi connectivity index (χ1v) is 6.61. The first kappa shape index (κ1) is 14.1. The lowest BCUT2D eigenvalue weighted by Gasteiger charge is -2.08. The summed E-state index contributed by atoms with van der Waals surface area (Å²) in [6.45, 7) is 4.53. The minimum absolute atomic E-state index is 0.130. The molecule has 0 fully saturated rings. The molecule has 0 atom stereocenters. The highest BCUT2D eigenvalue weighted by atomic mass is 16.5. The topological polar surface area (TPSA) is 46.5 Å². The summed E-state index contributed by atoms with van der Waals surface area (Å²) >= 11 is 0. The Kier molecular flexibility index (Phi) is 4.41. The molecule has 0 aromatic heterocycles. The third-order valence-electron chi connectivity index (χ3n) is 3.12. The zero-order valence-electron chi connectivity index (χ0n) is 11.7. The van der Waals surface area contributed by atoms with Crippen LogP contribution in [0.2, 0.25) is 0 Å². The third kappa shape index (κ3) is 3.60. The number of phenolic OH excluding ortho intramolecular Hbond substituents is 1. The fraction of sp³-hybridized carbons (Fsp3) is 0.235. The van der Waals surface area contributed by atoms with E-state index in [1.54, 1.807) is 12.1 Å². The minimum Gasteiger partial charge on any atom is -0.508 e. The smallest absolute Gasteiger partial charge is 0.338 e. The van der Waals surface area contributed by atoms with Gasteiger partial charge in [-0.2, -0.15) is 0 Å². The van der Waals surface area contributed by atoms with Crippen molar-refractivity contribution >= 4 is 5.97 Å². The molecule has 104 valence electrons. The van der Waals surface area contributed by atoms with Gasteiger partial charge in [0.25, 0.3) is 0 Å². The van der Waals surface area contributed by atoms with Gasteiger partial charge in [0.15, 0.2) is 0 Å². The molecule has 3 heteroatoms. The van der Waals surface area contributed by atoms with Gasteiger partial charge in [-0.15, -0.1) is 0 Å². The Morgan fingerprint density at radius 3 is 2.20 bits per heavy atom. The Hall–Kier alpha value is -2.29. The largest absolute Gasteiger partial charge is 0.508 e. The number of esters is 1. The number of carbonyl (C=O) groups excluding carboxylic acids is 1. The summed E-state index contributed by atoms with van der Waals surface area (Å²) in [5.74, 6) is 0.229. The molecule has 20 heavy (non-hydrogen) atoms. The van der Waals surface area contributed by atoms with Crippen LogP contribution in [0.4, 0.5) is 0 Å². The van der Waals surface area contributed by atoms with Crippen LogP contribution in [0.3, 0.4) is 0 Å². The van der Waals surface area contributed by atoms with Gasteiger partial charge in [0.2, 0.25) is 0 Å². The lowest BCUT2D eigenvalue weighted by atomic mass is 10.0. The van der Waals surface area contributed by atoms with E-state index in [1.165, 1.54) is 17.7 Å². The minimum atomic E-state index is -0.391. The molecule has 0 bridgehead atoms. The monoisotopic (exact) mass is 270 g/mol. The summed E-state index contributed by atoms with van der Waals surface area (Å²) < 4.78 is 5.23. The first-order chi connectivity index (χ1) is 9.56. The molecular formula is C17H18O3. The van der Waals surface area contributed by atoms with Crippen molar-refractivity contribution in [1.82, 2.24) is 0 Å². The summed E-state index contributed by atoms with van der Waals surface area (Å²) in [6.07, 6.45) is 0. The maximum Gasteiger partial charge on any atom is 0.338 e. The number of benzene rings is 2. The lowest BCUT2D eigenvalue weighted by molar-refractivity contribution is 0.0472. The standard InChI is InChI=1S/C17H18O3/c1-12(2)14-5-3-13(4-6-14)11-20-17(19)15-7-9-16(18)10-8-15/h3-10,12,18H,11H2,1-2H3. The maximum atomic E-state index is 11.8. The van der Waals surface area contributed by atoms with Crippen LogP contribution in [0.25, 0.3) is 0 Å². The molecule has 0 spiro atoms. The van der Waals surface area contributed by atoms with E-state index in [-0.39, 0.29) is 12.4 Å². The van der Waals surface area contributed by atoms with Crippen molar-refractivity contribution in [2.24, 2.45) is 0 Å². The van der Waals surface area contributed by atoms with Crippen LogP contribution < -0.4 is 0 Å². The Bertz CT molecular complexity index is 568. The van der Waals surface area contributed by atoms with Crippen molar-refractivity contribution < 1.29 is 14.6 Å². The van der Waals surface area contributed by atoms with Gasteiger partial charge in [0.1, 0.15) is 12.4 Å². The molecule has 0 aliphatic carbocycles. The van der Waals surface area contributed by atoms with Gasteiger partial charge in [0, 0.05) is 0 Å². The third-order valence-corrected chi connectivity index (χ3v) is 3.12. The molecule has 0 saturated carbocycles. The highest BCUT2D eigenvalue weighted by molar-refractivity contribution is 5.89. The van der Waals surface area contributed by atoms with Gasteiger partial charge >= 0.3 is 5.97 Å². The van der Waals surface area contributed by atoms with Gasteiger partial charge in [0.05, 0.1) is 5.56 Å². The number of rotatable bonds is 4. The molecule has 0 heterocycles. The van der Waals surface area contributed by atoms with E-state index >= 15 is 0 Å². The van der Waals surface area contributed by atoms with Crippen LogP contribution in [-0.4, -0.2) is 11.1 Å². The Balaban J connectivity index is 1.94. The summed E-state index contributed by atoms with van der Waals surface area (Å²) in [4.78, 5) is 11.8. The van der Waals surface area contributed by atoms with Crippen molar-refractivity contribution in [3.8, 4) is 5.75 Å². The fourth-order valence-corrected chi connectivity index (χ4v) is 1.83. The fourth-order valence-electron chi connectivity index (χ4n) is 1.83. The normalized spacial score (nSPS) is 10.6. The Labute approximate surface area is 118 Å². The molecule has 0 aliphatic rings. The highest BCUT2D eigenvalue weighted by Crippen LogP contribution is 2.16. The van der Waals surface area contributed by atoms with Crippen LogP contribution in [0.5, 0.6) is 5.75 Å². The Morgan fingerprint density at radius 1 is 1.05 bits per heavy atom. The van der Waals surface area contributed by atoms with E-state index in [2.05, 4.69) is 13.8 Å². The zero-order chi connectivity index (χ0) is 14.5. The van der Waals surface area contributed by atoms with E-state index in [1.807, 2.05) is 24.3 Å². The van der Waals surface area contributed by atoms with Crippen LogP contribution in [0.1, 0.15) is 41.3 Å². The summed E-state index contributed by atoms with van der Waals surface area (Å²) in [6, 6.07) is 14.1. The molecule has 0 saturated heterocycles. The number of hydrogen-bond acceptors (Lipinski definition) is 3. The van der Waals surface area contributed by atoms with Gasteiger partial charge < -0.3 is 9.84 Å². The molecule has 0 aliphatic heterocycles. The van der Waals surface area contributed by atoms with Crippen molar-refractivity contribution in [3.63, 3.8) is 0 Å². The molecule has 0 radical (unpaired) electrons. The van der Waals surface area contributed by atoms with E-state index < -0.39 is 5.97 Å². The molecule has 3 nitrogen and oxygen atoms in total. The first-order valence-electron chi connectivity index (χ1n) is 6.61. The summed E-state index contributed by atoms with van der Waals surface area (Å²) in [5.41, 5.74) is 2.65. The van der Waals surface area contributed by atoms with Crippen LogP contribution in [0, 0.1) is 0 Å². The molecule has 0 unspecified atom stereocenters. The highest BCUT2D eigenvalue weighted by Gasteiger charge is 2.07. The van der Waals surface area contributed by atoms with Crippen molar-refractivity contribution in [3.05, 3.63) is 65.2 Å². The average molecular weight is 270 g/mol. The van der Waals surface area contributed by atoms with Gasteiger partial charge in [-0.05, 0) is 41.3 Å². The number of aromatic hydroxyl groups is 1. The molecule has 0 amide bonds. The van der Waals surface area contributed by atoms with Crippen molar-refractivity contribution in [2.45, 2.75) is 26.4 Å². The maximum absolute atomic E-state index is 11.8. The van der Waals surface area contributed by atoms with Crippen molar-refractivity contribution in [2.75, 3.05) is 0 Å². The van der Waals surface area contributed by atoms with Gasteiger partial charge in [-0.3, -0.25) is 0 Å². The van der Waals surface area contributed by atoms with E-state index in [0.29, 0.717) is 11.5 Å². The summed E-state index contributed by atoms with van der Waals surface area (Å²) in [5, 5.41) is 9.16. The predicted molar refractivity (Wildman–Crippen MR) is 77.8 cm³/mol. The summed E-state index contributed by atoms with van der Waals surface area (Å²) in [7, 11) is 0. The number of hydrogen-bond donors (Lipinski definition) is 1. The van der Waals surface area contributed by atoms with E-state index in [0.717, 1.165) is 5.56 Å². The second-order valence-electron chi connectivity index (χ2n) is 5.02. The predicted octanol–water partition coefficient (Wildman–Crippen LogP) is 3.87. The van der Waals surface area contributed by atoms with Crippen LogP contribution in [-0.2, 0) is 11.3 Å². The molecule has 2 rings (SSSR count). The van der Waals surface area contributed by atoms with E-state index in [4.69, 9.17) is 9.84 Å². The van der Waals surface area contributed by atoms with Crippen LogP contribution >= 0.6 is 0 Å². The number of phenols is 1. The second-order valence-corrected chi connectivity index (χ2v) is 5.02. The zero-order valence-corrected chi connectivity index (χ0v) is 11.7. The second kappa shape index (κ2) is 6.24. The average Bonchev–Trinajstić information content (AvgIpc) is 2.46. The number of ether oxygens (including phenoxy) is 1. The molecule has 2 aromatic rings. The molecular weight excluding hydrogens is 252 g/mol. The molecule has 1 N–H and O–H groups in total. The SMILES string of the molecule is CC(C)c1ccc(COC(=O)c2ccc(O)cc2)cc1. The van der Waals surface area contributed by atoms with Gasteiger partial charge in [-0.1, -0.05) is 38.1 Å². The van der Waals surface area contributed by atoms with Crippen molar-refractivity contribution in [1.29, 1.82) is 0 Å². The van der Waals surface area contributed by atoms with E-state index in [9.17, 15) is 4.79 Å². The number of carbonyl (C=O) groups is 1.